The van der Waals surface area contributed by atoms with Gasteiger partial charge in [-0.2, -0.15) is 0 Å². The first kappa shape index (κ1) is 18.7. The first-order valence-corrected chi connectivity index (χ1v) is 9.06. The van der Waals surface area contributed by atoms with Gasteiger partial charge < -0.3 is 14.0 Å². The number of hydrogen-bond donors (Lipinski definition) is 0. The second kappa shape index (κ2) is 7.66. The molecule has 5 heteroatoms. The second-order valence-corrected chi connectivity index (χ2v) is 6.36. The zero-order valence-electron chi connectivity index (χ0n) is 16.0. The molecule has 3 aromatic rings. The van der Waals surface area contributed by atoms with Gasteiger partial charge in [-0.25, -0.2) is 4.79 Å². The van der Waals surface area contributed by atoms with Crippen LogP contribution < -0.4 is 4.74 Å². The predicted octanol–water partition coefficient (Wildman–Crippen LogP) is 4.74. The molecule has 0 aliphatic rings. The van der Waals surface area contributed by atoms with Crippen molar-refractivity contribution in [1.82, 2.24) is 4.57 Å². The maximum absolute atomic E-state index is 12.6. The van der Waals surface area contributed by atoms with Gasteiger partial charge in [0.25, 0.3) is 0 Å². The summed E-state index contributed by atoms with van der Waals surface area (Å²) < 4.78 is 12.6. The van der Waals surface area contributed by atoms with Crippen molar-refractivity contribution in [3.05, 3.63) is 59.3 Å². The van der Waals surface area contributed by atoms with Crippen LogP contribution in [0, 0.1) is 13.8 Å². The molecule has 1 aromatic heterocycles. The van der Waals surface area contributed by atoms with E-state index in [1.807, 2.05) is 48.7 Å². The van der Waals surface area contributed by atoms with E-state index in [2.05, 4.69) is 0 Å². The minimum absolute atomic E-state index is 0.284. The number of aryl methyl sites for hydroxylation is 1. The summed E-state index contributed by atoms with van der Waals surface area (Å²) in [6, 6.07) is 13.4. The molecular weight excluding hydrogens is 342 g/mol. The van der Waals surface area contributed by atoms with E-state index in [4.69, 9.17) is 9.47 Å². The van der Waals surface area contributed by atoms with Gasteiger partial charge in [0.1, 0.15) is 5.75 Å². The van der Waals surface area contributed by atoms with Crippen LogP contribution in [0.1, 0.15) is 41.9 Å². The highest BCUT2D eigenvalue weighted by Gasteiger charge is 2.22. The highest BCUT2D eigenvalue weighted by molar-refractivity contribution is 6.07. The van der Waals surface area contributed by atoms with Gasteiger partial charge in [0.15, 0.2) is 0 Å². The molecule has 0 saturated heterocycles. The largest absolute Gasteiger partial charge is 0.462 e. The van der Waals surface area contributed by atoms with Crippen molar-refractivity contribution in [1.29, 1.82) is 0 Å². The van der Waals surface area contributed by atoms with Crippen molar-refractivity contribution < 1.29 is 19.1 Å². The summed E-state index contributed by atoms with van der Waals surface area (Å²) in [5.74, 6) is -0.285. The molecule has 0 N–H and O–H groups in total. The topological polar surface area (TPSA) is 57.5 Å². The zero-order chi connectivity index (χ0) is 19.6. The summed E-state index contributed by atoms with van der Waals surface area (Å²) in [5, 5.41) is 0.702. The summed E-state index contributed by atoms with van der Waals surface area (Å²) in [7, 11) is 0. The zero-order valence-corrected chi connectivity index (χ0v) is 16.0. The molecule has 3 rings (SSSR count). The molecule has 0 bridgehead atoms. The van der Waals surface area contributed by atoms with Crippen molar-refractivity contribution in [2.45, 2.75) is 34.1 Å². The molecule has 140 valence electrons. The number of esters is 2. The molecule has 5 nitrogen and oxygen atoms in total. The van der Waals surface area contributed by atoms with Gasteiger partial charge in [-0.15, -0.1) is 0 Å². The summed E-state index contributed by atoms with van der Waals surface area (Å²) in [6.45, 7) is 7.73. The molecule has 0 amide bonds. The minimum Gasteiger partial charge on any atom is -0.462 e. The molecule has 0 saturated carbocycles. The quantitative estimate of drug-likeness (QED) is 0.484. The number of hydrogen-bond acceptors (Lipinski definition) is 4. The Morgan fingerprint density at radius 1 is 1.00 bits per heavy atom. The van der Waals surface area contributed by atoms with Gasteiger partial charge in [0.2, 0.25) is 0 Å². The standard InChI is InChI=1S/C22H23NO4/c1-5-20(24)27-17-11-12-19-18(13-17)21(22(25)26-6-2)15(4)23(19)16-9-7-14(3)8-10-16/h7-13H,5-6H2,1-4H3. The third kappa shape index (κ3) is 3.58. The Morgan fingerprint density at radius 2 is 1.70 bits per heavy atom. The van der Waals surface area contributed by atoms with E-state index in [-0.39, 0.29) is 18.4 Å². The van der Waals surface area contributed by atoms with Gasteiger partial charge in [-0.1, -0.05) is 24.6 Å². The molecular formula is C22H23NO4. The SMILES string of the molecule is CCOC(=O)c1c(C)n(-c2ccc(C)cc2)c2ccc(OC(=O)CC)cc12. The highest BCUT2D eigenvalue weighted by atomic mass is 16.5. The number of nitrogens with zero attached hydrogens (tertiary/aromatic N) is 1. The Hall–Kier alpha value is -3.08. The smallest absolute Gasteiger partial charge is 0.340 e. The van der Waals surface area contributed by atoms with E-state index in [9.17, 15) is 9.59 Å². The second-order valence-electron chi connectivity index (χ2n) is 6.36. The number of aromatic nitrogens is 1. The summed E-state index contributed by atoms with van der Waals surface area (Å²) in [6.07, 6.45) is 0.284. The van der Waals surface area contributed by atoms with Crippen LogP contribution in [0.15, 0.2) is 42.5 Å². The van der Waals surface area contributed by atoms with Crippen LogP contribution in [0.4, 0.5) is 0 Å². The number of carbonyl (C=O) groups is 2. The predicted molar refractivity (Wildman–Crippen MR) is 105 cm³/mol. The van der Waals surface area contributed by atoms with Gasteiger partial charge in [-0.3, -0.25) is 4.79 Å². The van der Waals surface area contributed by atoms with Gasteiger partial charge in [0, 0.05) is 23.2 Å². The number of carbonyl (C=O) groups excluding carboxylic acids is 2. The van der Waals surface area contributed by atoms with Crippen molar-refractivity contribution in [3.63, 3.8) is 0 Å². The van der Waals surface area contributed by atoms with E-state index in [0.29, 0.717) is 23.3 Å². The summed E-state index contributed by atoms with van der Waals surface area (Å²) in [4.78, 5) is 24.3. The molecule has 0 unspecified atom stereocenters. The lowest BCUT2D eigenvalue weighted by molar-refractivity contribution is -0.134. The first-order chi connectivity index (χ1) is 13.0. The Balaban J connectivity index is 2.24. The van der Waals surface area contributed by atoms with Crippen LogP contribution in [0.2, 0.25) is 0 Å². The molecule has 27 heavy (non-hydrogen) atoms. The lowest BCUT2D eigenvalue weighted by Crippen LogP contribution is -2.07. The number of benzene rings is 2. The van der Waals surface area contributed by atoms with Gasteiger partial charge in [-0.05, 0) is 51.1 Å². The van der Waals surface area contributed by atoms with Crippen LogP contribution in [0.5, 0.6) is 5.75 Å². The Kier molecular flexibility index (Phi) is 5.31. The fourth-order valence-electron chi connectivity index (χ4n) is 3.15. The van der Waals surface area contributed by atoms with Crippen LogP contribution in [0.25, 0.3) is 16.6 Å². The number of rotatable bonds is 5. The molecule has 0 fully saturated rings. The van der Waals surface area contributed by atoms with E-state index < -0.39 is 0 Å². The Bertz CT molecular complexity index is 999. The lowest BCUT2D eigenvalue weighted by atomic mass is 10.1. The van der Waals surface area contributed by atoms with Crippen molar-refractivity contribution in [2.24, 2.45) is 0 Å². The normalized spacial score (nSPS) is 10.8. The molecule has 0 atom stereocenters. The van der Waals surface area contributed by atoms with E-state index in [0.717, 1.165) is 22.5 Å². The molecule has 0 aliphatic heterocycles. The molecule has 0 aliphatic carbocycles. The van der Waals surface area contributed by atoms with E-state index in [1.165, 1.54) is 0 Å². The maximum atomic E-state index is 12.6. The van der Waals surface area contributed by atoms with Gasteiger partial charge >= 0.3 is 11.9 Å². The third-order valence-corrected chi connectivity index (χ3v) is 4.47. The highest BCUT2D eigenvalue weighted by Crippen LogP contribution is 2.32. The number of ether oxygens (including phenoxy) is 2. The van der Waals surface area contributed by atoms with Crippen LogP contribution >= 0.6 is 0 Å². The van der Waals surface area contributed by atoms with Crippen molar-refractivity contribution >= 4 is 22.8 Å². The van der Waals surface area contributed by atoms with Crippen LogP contribution in [-0.2, 0) is 9.53 Å². The molecule has 2 aromatic carbocycles. The molecule has 1 heterocycles. The van der Waals surface area contributed by atoms with Gasteiger partial charge in [0.05, 0.1) is 17.7 Å². The summed E-state index contributed by atoms with van der Waals surface area (Å²) >= 11 is 0. The molecule has 0 spiro atoms. The average Bonchev–Trinajstić information content (AvgIpc) is 2.94. The van der Waals surface area contributed by atoms with Crippen LogP contribution in [-0.4, -0.2) is 23.1 Å². The minimum atomic E-state index is -0.384. The number of fused-ring (bicyclic) bond motifs is 1. The maximum Gasteiger partial charge on any atom is 0.340 e. The Morgan fingerprint density at radius 3 is 2.33 bits per heavy atom. The van der Waals surface area contributed by atoms with Crippen molar-refractivity contribution in [3.8, 4) is 11.4 Å². The average molecular weight is 365 g/mol. The fourth-order valence-corrected chi connectivity index (χ4v) is 3.15. The van der Waals surface area contributed by atoms with E-state index in [1.54, 1.807) is 26.0 Å². The first-order valence-electron chi connectivity index (χ1n) is 9.06. The third-order valence-electron chi connectivity index (χ3n) is 4.47. The monoisotopic (exact) mass is 365 g/mol. The summed E-state index contributed by atoms with van der Waals surface area (Å²) in [5.41, 5.74) is 4.24. The van der Waals surface area contributed by atoms with Crippen molar-refractivity contribution in [2.75, 3.05) is 6.61 Å². The van der Waals surface area contributed by atoms with E-state index >= 15 is 0 Å². The fraction of sp³-hybridized carbons (Fsp3) is 0.273. The lowest BCUT2D eigenvalue weighted by Gasteiger charge is -2.09. The molecule has 0 radical (unpaired) electrons. The Labute approximate surface area is 158 Å². The van der Waals surface area contributed by atoms with Crippen LogP contribution in [0.3, 0.4) is 0 Å².